The highest BCUT2D eigenvalue weighted by Gasteiger charge is 2.24. The number of nitrogens with one attached hydrogen (secondary N) is 1. The first-order valence-electron chi connectivity index (χ1n) is 9.90. The average molecular weight is 426 g/mol. The molecule has 1 N–H and O–H groups in total. The number of hydrogen-bond acceptors (Lipinski definition) is 5. The van der Waals surface area contributed by atoms with Crippen LogP contribution in [-0.4, -0.2) is 36.9 Å². The van der Waals surface area contributed by atoms with E-state index in [4.69, 9.17) is 4.42 Å². The third kappa shape index (κ3) is 4.91. The monoisotopic (exact) mass is 425 g/mol. The molecule has 0 saturated heterocycles. The summed E-state index contributed by atoms with van der Waals surface area (Å²) in [5.74, 6) is 0.0370. The van der Waals surface area contributed by atoms with E-state index in [9.17, 15) is 9.59 Å². The van der Waals surface area contributed by atoms with E-state index in [0.29, 0.717) is 22.9 Å². The lowest BCUT2D eigenvalue weighted by Gasteiger charge is -2.30. The Morgan fingerprint density at radius 2 is 1.97 bits per heavy atom. The van der Waals surface area contributed by atoms with E-state index < -0.39 is 0 Å². The number of benzene rings is 1. The van der Waals surface area contributed by atoms with Crippen LogP contribution in [0.2, 0.25) is 0 Å². The molecule has 0 radical (unpaired) electrons. The number of rotatable bonds is 8. The van der Waals surface area contributed by atoms with E-state index in [1.807, 2.05) is 60.5 Å². The van der Waals surface area contributed by atoms with Gasteiger partial charge in [-0.25, -0.2) is 0 Å². The number of furan rings is 1. The molecule has 1 atom stereocenters. The van der Waals surface area contributed by atoms with Crippen molar-refractivity contribution in [2.45, 2.75) is 32.9 Å². The van der Waals surface area contributed by atoms with Crippen LogP contribution >= 0.6 is 11.3 Å². The van der Waals surface area contributed by atoms with Crippen LogP contribution in [0.15, 0.2) is 58.5 Å². The van der Waals surface area contributed by atoms with Crippen molar-refractivity contribution >= 4 is 34.5 Å². The molecular weight excluding hydrogens is 398 g/mol. The number of thiophene rings is 1. The molecule has 0 bridgehead atoms. The van der Waals surface area contributed by atoms with Gasteiger partial charge in [0.25, 0.3) is 11.8 Å². The predicted octanol–water partition coefficient (Wildman–Crippen LogP) is 5.10. The molecule has 2 aromatic heterocycles. The van der Waals surface area contributed by atoms with Gasteiger partial charge in [0.15, 0.2) is 5.76 Å². The van der Waals surface area contributed by atoms with Crippen LogP contribution in [0.4, 0.5) is 11.4 Å². The molecule has 0 aliphatic carbocycles. The SMILES string of the molecule is CC[C@@H](C)N(Cc1cc(NC(=O)c2cccs2)ccc1N(C)C)C(=O)c1ccco1. The fraction of sp³-hybridized carbons (Fsp3) is 0.304. The highest BCUT2D eigenvalue weighted by molar-refractivity contribution is 7.12. The molecule has 0 spiro atoms. The standard InChI is InChI=1S/C23H27N3O3S/c1-5-16(2)26(23(28)20-8-6-12-29-20)15-17-14-18(10-11-19(17)25(3)4)24-22(27)21-9-7-13-30-21/h6-14,16H,5,15H2,1-4H3,(H,24,27)/t16-/m1/s1. The van der Waals surface area contributed by atoms with Gasteiger partial charge in [-0.15, -0.1) is 11.3 Å². The van der Waals surface area contributed by atoms with E-state index in [2.05, 4.69) is 12.2 Å². The molecule has 0 saturated carbocycles. The van der Waals surface area contributed by atoms with Gasteiger partial charge >= 0.3 is 0 Å². The van der Waals surface area contributed by atoms with Crippen molar-refractivity contribution in [2.75, 3.05) is 24.3 Å². The Morgan fingerprint density at radius 1 is 1.17 bits per heavy atom. The summed E-state index contributed by atoms with van der Waals surface area (Å²) in [6.07, 6.45) is 2.33. The summed E-state index contributed by atoms with van der Waals surface area (Å²) in [6.45, 7) is 4.49. The molecule has 0 aliphatic rings. The zero-order chi connectivity index (χ0) is 21.7. The van der Waals surface area contributed by atoms with Gasteiger partial charge in [-0.3, -0.25) is 9.59 Å². The summed E-state index contributed by atoms with van der Waals surface area (Å²) >= 11 is 1.40. The molecular formula is C23H27N3O3S. The average Bonchev–Trinajstić information content (AvgIpc) is 3.45. The number of amides is 2. The number of hydrogen-bond donors (Lipinski definition) is 1. The quantitative estimate of drug-likeness (QED) is 0.545. The van der Waals surface area contributed by atoms with Crippen LogP contribution in [0.5, 0.6) is 0 Å². The molecule has 6 nitrogen and oxygen atoms in total. The summed E-state index contributed by atoms with van der Waals surface area (Å²) in [5, 5.41) is 4.83. The van der Waals surface area contributed by atoms with E-state index in [0.717, 1.165) is 17.7 Å². The van der Waals surface area contributed by atoms with E-state index in [1.54, 1.807) is 18.2 Å². The third-order valence-corrected chi connectivity index (χ3v) is 5.89. The second kappa shape index (κ2) is 9.63. The van der Waals surface area contributed by atoms with E-state index >= 15 is 0 Å². The first-order chi connectivity index (χ1) is 14.4. The normalized spacial score (nSPS) is 11.7. The highest BCUT2D eigenvalue weighted by Crippen LogP contribution is 2.27. The highest BCUT2D eigenvalue weighted by atomic mass is 32.1. The van der Waals surface area contributed by atoms with Crippen molar-refractivity contribution < 1.29 is 14.0 Å². The Balaban J connectivity index is 1.90. The van der Waals surface area contributed by atoms with Gasteiger partial charge in [0, 0.05) is 38.1 Å². The molecule has 3 aromatic rings. The van der Waals surface area contributed by atoms with Gasteiger partial charge in [-0.2, -0.15) is 0 Å². The summed E-state index contributed by atoms with van der Waals surface area (Å²) in [6, 6.07) is 12.9. The van der Waals surface area contributed by atoms with Gasteiger partial charge < -0.3 is 19.5 Å². The zero-order valence-electron chi connectivity index (χ0n) is 17.7. The Hall–Kier alpha value is -3.06. The largest absolute Gasteiger partial charge is 0.459 e. The molecule has 0 aliphatic heterocycles. The van der Waals surface area contributed by atoms with E-state index in [1.165, 1.54) is 17.6 Å². The molecule has 1 aromatic carbocycles. The van der Waals surface area contributed by atoms with Crippen LogP contribution < -0.4 is 10.2 Å². The fourth-order valence-electron chi connectivity index (χ4n) is 3.20. The minimum Gasteiger partial charge on any atom is -0.459 e. The maximum absolute atomic E-state index is 13.1. The lowest BCUT2D eigenvalue weighted by molar-refractivity contribution is 0.0639. The molecule has 158 valence electrons. The molecule has 0 fully saturated rings. The van der Waals surface area contributed by atoms with Crippen molar-refractivity contribution in [1.29, 1.82) is 0 Å². The van der Waals surface area contributed by atoms with Crippen molar-refractivity contribution in [3.05, 3.63) is 70.3 Å². The van der Waals surface area contributed by atoms with Crippen molar-refractivity contribution in [3.8, 4) is 0 Å². The summed E-state index contributed by atoms with van der Waals surface area (Å²) < 4.78 is 5.35. The molecule has 0 unspecified atom stereocenters. The molecule has 7 heteroatoms. The van der Waals surface area contributed by atoms with Crippen LogP contribution in [0.1, 0.15) is 46.1 Å². The second-order valence-corrected chi connectivity index (χ2v) is 8.28. The Bertz CT molecular complexity index is 981. The van der Waals surface area contributed by atoms with Gasteiger partial charge in [-0.1, -0.05) is 13.0 Å². The van der Waals surface area contributed by atoms with E-state index in [-0.39, 0.29) is 17.9 Å². The lowest BCUT2D eigenvalue weighted by Crippen LogP contribution is -2.38. The lowest BCUT2D eigenvalue weighted by atomic mass is 10.1. The number of carbonyl (C=O) groups is 2. The van der Waals surface area contributed by atoms with Crippen LogP contribution in [0.25, 0.3) is 0 Å². The molecule has 3 rings (SSSR count). The van der Waals surface area contributed by atoms with Crippen LogP contribution in [0, 0.1) is 0 Å². The predicted molar refractivity (Wildman–Crippen MR) is 121 cm³/mol. The number of nitrogens with zero attached hydrogens (tertiary/aromatic N) is 2. The number of carbonyl (C=O) groups excluding carboxylic acids is 2. The maximum atomic E-state index is 13.1. The first kappa shape index (κ1) is 21.6. The van der Waals surface area contributed by atoms with Crippen LogP contribution in [0.3, 0.4) is 0 Å². The first-order valence-corrected chi connectivity index (χ1v) is 10.8. The summed E-state index contributed by atoms with van der Waals surface area (Å²) in [7, 11) is 3.93. The summed E-state index contributed by atoms with van der Waals surface area (Å²) in [5.41, 5.74) is 2.64. The Morgan fingerprint density at radius 3 is 2.57 bits per heavy atom. The smallest absolute Gasteiger partial charge is 0.290 e. The van der Waals surface area contributed by atoms with Crippen molar-refractivity contribution in [2.24, 2.45) is 0 Å². The minimum absolute atomic E-state index is 0.0296. The topological polar surface area (TPSA) is 65.8 Å². The fourth-order valence-corrected chi connectivity index (χ4v) is 3.82. The molecule has 2 amide bonds. The second-order valence-electron chi connectivity index (χ2n) is 7.34. The van der Waals surface area contributed by atoms with Gasteiger partial charge in [0.2, 0.25) is 0 Å². The number of anilines is 2. The van der Waals surface area contributed by atoms with Crippen molar-refractivity contribution in [1.82, 2.24) is 4.90 Å². The van der Waals surface area contributed by atoms with Crippen molar-refractivity contribution in [3.63, 3.8) is 0 Å². The summed E-state index contributed by atoms with van der Waals surface area (Å²) in [4.78, 5) is 30.0. The Labute approximate surface area is 181 Å². The molecule has 30 heavy (non-hydrogen) atoms. The molecule has 2 heterocycles. The third-order valence-electron chi connectivity index (χ3n) is 5.02. The van der Waals surface area contributed by atoms with Gasteiger partial charge in [0.05, 0.1) is 11.1 Å². The maximum Gasteiger partial charge on any atom is 0.290 e. The minimum atomic E-state index is -0.146. The Kier molecular flexibility index (Phi) is 6.95. The van der Waals surface area contributed by atoms with Gasteiger partial charge in [0.1, 0.15) is 0 Å². The van der Waals surface area contributed by atoms with Gasteiger partial charge in [-0.05, 0) is 60.7 Å². The zero-order valence-corrected chi connectivity index (χ0v) is 18.5. The van der Waals surface area contributed by atoms with Crippen LogP contribution in [-0.2, 0) is 6.54 Å².